The molecule has 1 aliphatic heterocycles. The number of carbonyl (C=O) groups excluding carboxylic acids is 1. The van der Waals surface area contributed by atoms with Gasteiger partial charge in [-0.05, 0) is 31.6 Å². The Balaban J connectivity index is 1.93. The fourth-order valence-corrected chi connectivity index (χ4v) is 2.66. The monoisotopic (exact) mass is 321 g/mol. The number of hydrogen-bond donors (Lipinski definition) is 1. The average molecular weight is 321 g/mol. The van der Waals surface area contributed by atoms with Crippen molar-refractivity contribution >= 4 is 5.91 Å². The van der Waals surface area contributed by atoms with E-state index < -0.39 is 0 Å². The van der Waals surface area contributed by atoms with E-state index in [-0.39, 0.29) is 5.91 Å². The summed E-state index contributed by atoms with van der Waals surface area (Å²) in [6.45, 7) is 5.96. The lowest BCUT2D eigenvalue weighted by molar-refractivity contribution is 0.0630. The first kappa shape index (κ1) is 17.7. The fourth-order valence-electron chi connectivity index (χ4n) is 2.66. The number of carbonyl (C=O) groups is 1. The summed E-state index contributed by atoms with van der Waals surface area (Å²) in [5, 5.41) is 0. The fraction of sp³-hybridized carbons (Fsp3) is 0.588. The Morgan fingerprint density at radius 1 is 1.17 bits per heavy atom. The van der Waals surface area contributed by atoms with Crippen LogP contribution in [0.1, 0.15) is 16.8 Å². The standard InChI is InChI=1S/C17H27N3O3/c1-22-13-14-23-16-6-3-2-5-15(16)17(21)20-11-9-19(10-12-20)8-4-7-18/h2-3,5-6H,4,7-14,18H2,1H3. The van der Waals surface area contributed by atoms with Crippen molar-refractivity contribution in [2.24, 2.45) is 5.73 Å². The van der Waals surface area contributed by atoms with Crippen LogP contribution in [0.4, 0.5) is 0 Å². The third-order valence-corrected chi connectivity index (χ3v) is 4.00. The Morgan fingerprint density at radius 2 is 1.91 bits per heavy atom. The third kappa shape index (κ3) is 5.20. The van der Waals surface area contributed by atoms with Gasteiger partial charge in [0.1, 0.15) is 12.4 Å². The van der Waals surface area contributed by atoms with E-state index in [4.69, 9.17) is 15.2 Å². The Morgan fingerprint density at radius 3 is 2.61 bits per heavy atom. The average Bonchev–Trinajstić information content (AvgIpc) is 2.60. The Kier molecular flexibility index (Phi) is 7.32. The molecule has 1 aromatic carbocycles. The van der Waals surface area contributed by atoms with Crippen molar-refractivity contribution in [3.63, 3.8) is 0 Å². The summed E-state index contributed by atoms with van der Waals surface area (Å²) in [7, 11) is 1.63. The molecule has 1 amide bonds. The highest BCUT2D eigenvalue weighted by Crippen LogP contribution is 2.20. The number of para-hydroxylation sites is 1. The lowest BCUT2D eigenvalue weighted by Crippen LogP contribution is -2.49. The highest BCUT2D eigenvalue weighted by molar-refractivity contribution is 5.97. The lowest BCUT2D eigenvalue weighted by Gasteiger charge is -2.35. The SMILES string of the molecule is COCCOc1ccccc1C(=O)N1CCN(CCCN)CC1. The summed E-state index contributed by atoms with van der Waals surface area (Å²) in [6, 6.07) is 7.41. The molecule has 0 bridgehead atoms. The highest BCUT2D eigenvalue weighted by Gasteiger charge is 2.23. The van der Waals surface area contributed by atoms with Crippen molar-refractivity contribution in [2.75, 3.05) is 59.6 Å². The van der Waals surface area contributed by atoms with E-state index in [9.17, 15) is 4.79 Å². The van der Waals surface area contributed by atoms with Crippen molar-refractivity contribution in [1.29, 1.82) is 0 Å². The van der Waals surface area contributed by atoms with Crippen LogP contribution in [0.25, 0.3) is 0 Å². The highest BCUT2D eigenvalue weighted by atomic mass is 16.5. The van der Waals surface area contributed by atoms with Crippen LogP contribution in [0.2, 0.25) is 0 Å². The molecule has 1 saturated heterocycles. The van der Waals surface area contributed by atoms with Gasteiger partial charge < -0.3 is 20.1 Å². The van der Waals surface area contributed by atoms with Crippen molar-refractivity contribution in [1.82, 2.24) is 9.80 Å². The summed E-state index contributed by atoms with van der Waals surface area (Å²) in [4.78, 5) is 17.0. The van der Waals surface area contributed by atoms with E-state index in [1.807, 2.05) is 29.2 Å². The summed E-state index contributed by atoms with van der Waals surface area (Å²) < 4.78 is 10.7. The molecule has 1 heterocycles. The number of methoxy groups -OCH3 is 1. The summed E-state index contributed by atoms with van der Waals surface area (Å²) >= 11 is 0. The molecule has 0 radical (unpaired) electrons. The van der Waals surface area contributed by atoms with Crippen molar-refractivity contribution < 1.29 is 14.3 Å². The Hall–Kier alpha value is -1.63. The Labute approximate surface area is 138 Å². The quantitative estimate of drug-likeness (QED) is 0.718. The van der Waals surface area contributed by atoms with Crippen LogP contribution in [0.15, 0.2) is 24.3 Å². The predicted octanol–water partition coefficient (Wildman–Crippen LogP) is 0.818. The maximum atomic E-state index is 12.8. The van der Waals surface area contributed by atoms with Crippen molar-refractivity contribution in [3.8, 4) is 5.75 Å². The zero-order valence-corrected chi connectivity index (χ0v) is 13.9. The molecular formula is C17H27N3O3. The molecule has 6 nitrogen and oxygen atoms in total. The summed E-state index contributed by atoms with van der Waals surface area (Å²) in [5.74, 6) is 0.664. The Bertz CT molecular complexity index is 488. The minimum atomic E-state index is 0.0384. The van der Waals surface area contributed by atoms with Gasteiger partial charge in [-0.2, -0.15) is 0 Å². The second-order valence-corrected chi connectivity index (χ2v) is 5.61. The van der Waals surface area contributed by atoms with Crippen molar-refractivity contribution in [3.05, 3.63) is 29.8 Å². The first-order chi connectivity index (χ1) is 11.3. The largest absolute Gasteiger partial charge is 0.490 e. The number of ether oxygens (including phenoxy) is 2. The molecule has 0 spiro atoms. The second kappa shape index (κ2) is 9.50. The van der Waals surface area contributed by atoms with E-state index >= 15 is 0 Å². The maximum absolute atomic E-state index is 12.8. The zero-order valence-electron chi connectivity index (χ0n) is 13.9. The van der Waals surface area contributed by atoms with E-state index in [0.29, 0.717) is 31.1 Å². The number of hydrogen-bond acceptors (Lipinski definition) is 5. The lowest BCUT2D eigenvalue weighted by atomic mass is 10.1. The predicted molar refractivity (Wildman–Crippen MR) is 89.8 cm³/mol. The van der Waals surface area contributed by atoms with Gasteiger partial charge in [-0.3, -0.25) is 9.69 Å². The van der Waals surface area contributed by atoms with Gasteiger partial charge in [-0.1, -0.05) is 12.1 Å². The topological polar surface area (TPSA) is 68.0 Å². The van der Waals surface area contributed by atoms with Gasteiger partial charge >= 0.3 is 0 Å². The molecule has 23 heavy (non-hydrogen) atoms. The molecule has 2 rings (SSSR count). The molecule has 6 heteroatoms. The van der Waals surface area contributed by atoms with Crippen LogP contribution in [-0.2, 0) is 4.74 Å². The molecule has 0 unspecified atom stereocenters. The number of amides is 1. The minimum absolute atomic E-state index is 0.0384. The number of nitrogens with zero attached hydrogens (tertiary/aromatic N) is 2. The molecule has 2 N–H and O–H groups in total. The van der Waals surface area contributed by atoms with Crippen molar-refractivity contribution in [2.45, 2.75) is 6.42 Å². The molecule has 1 aliphatic rings. The van der Waals surface area contributed by atoms with E-state index in [0.717, 1.165) is 39.1 Å². The number of nitrogens with two attached hydrogens (primary N) is 1. The summed E-state index contributed by atoms with van der Waals surface area (Å²) in [6.07, 6.45) is 1.00. The maximum Gasteiger partial charge on any atom is 0.257 e. The van der Waals surface area contributed by atoms with Crippen LogP contribution in [-0.4, -0.2) is 75.3 Å². The van der Waals surface area contributed by atoms with Gasteiger partial charge in [0.25, 0.3) is 5.91 Å². The van der Waals surface area contributed by atoms with Gasteiger partial charge in [-0.15, -0.1) is 0 Å². The van der Waals surface area contributed by atoms with Crippen LogP contribution < -0.4 is 10.5 Å². The molecule has 128 valence electrons. The normalized spacial score (nSPS) is 15.7. The van der Waals surface area contributed by atoms with Gasteiger partial charge in [0.05, 0.1) is 12.2 Å². The van der Waals surface area contributed by atoms with E-state index in [1.165, 1.54) is 0 Å². The molecule has 0 aromatic heterocycles. The van der Waals surface area contributed by atoms with Gasteiger partial charge in [0, 0.05) is 33.3 Å². The first-order valence-corrected chi connectivity index (χ1v) is 8.18. The summed E-state index contributed by atoms with van der Waals surface area (Å²) in [5.41, 5.74) is 6.17. The van der Waals surface area contributed by atoms with Gasteiger partial charge in [0.2, 0.25) is 0 Å². The first-order valence-electron chi connectivity index (χ1n) is 8.18. The molecule has 0 aliphatic carbocycles. The second-order valence-electron chi connectivity index (χ2n) is 5.61. The number of rotatable bonds is 8. The zero-order chi connectivity index (χ0) is 16.5. The van der Waals surface area contributed by atoms with E-state index in [2.05, 4.69) is 4.90 Å². The van der Waals surface area contributed by atoms with Gasteiger partial charge in [0.15, 0.2) is 0 Å². The van der Waals surface area contributed by atoms with Crippen LogP contribution >= 0.6 is 0 Å². The molecule has 1 fully saturated rings. The van der Waals surface area contributed by atoms with Gasteiger partial charge in [-0.25, -0.2) is 0 Å². The molecule has 0 atom stereocenters. The molecule has 1 aromatic rings. The smallest absolute Gasteiger partial charge is 0.257 e. The minimum Gasteiger partial charge on any atom is -0.490 e. The van der Waals surface area contributed by atoms with E-state index in [1.54, 1.807) is 7.11 Å². The van der Waals surface area contributed by atoms with Crippen LogP contribution in [0.5, 0.6) is 5.75 Å². The van der Waals surface area contributed by atoms with Crippen LogP contribution in [0.3, 0.4) is 0 Å². The molecule has 0 saturated carbocycles. The molecular weight excluding hydrogens is 294 g/mol. The number of piperazine rings is 1. The number of benzene rings is 1. The van der Waals surface area contributed by atoms with Crippen LogP contribution in [0, 0.1) is 0 Å². The third-order valence-electron chi connectivity index (χ3n) is 4.00.